The van der Waals surface area contributed by atoms with E-state index >= 15 is 0 Å². The maximum atomic E-state index is 8.67. The Bertz CT molecular complexity index is 149. The summed E-state index contributed by atoms with van der Waals surface area (Å²) in [5, 5.41) is 0. The van der Waals surface area contributed by atoms with Crippen LogP contribution in [0, 0.1) is 0 Å². The van der Waals surface area contributed by atoms with Gasteiger partial charge in [0.25, 0.3) is 0 Å². The molecule has 0 rings (SSSR count). The van der Waals surface area contributed by atoms with Crippen LogP contribution in [0.1, 0.15) is 26.2 Å². The van der Waals surface area contributed by atoms with E-state index in [1.54, 1.807) is 0 Å². The Hall–Kier alpha value is 0.490. The number of rotatable bonds is 5. The Morgan fingerprint density at radius 3 is 2.55 bits per heavy atom. The fourth-order valence-corrected chi connectivity index (χ4v) is 1.42. The average molecular weight is 199 g/mol. The first kappa shape index (κ1) is 11.5. The van der Waals surface area contributed by atoms with Crippen LogP contribution in [0.15, 0.2) is 0 Å². The van der Waals surface area contributed by atoms with Crippen LogP contribution in [0.25, 0.3) is 0 Å². The summed E-state index contributed by atoms with van der Waals surface area (Å²) in [6, 6.07) is 0. The third-order valence-electron chi connectivity index (χ3n) is 1.11. The van der Waals surface area contributed by atoms with E-state index in [9.17, 15) is 0 Å². The van der Waals surface area contributed by atoms with Crippen LogP contribution >= 0.6 is 6.72 Å². The van der Waals surface area contributed by atoms with E-state index in [2.05, 4.69) is 16.3 Å². The van der Waals surface area contributed by atoms with Crippen molar-refractivity contribution >= 4 is 18.5 Å². The first-order valence-electron chi connectivity index (χ1n) is 3.45. The lowest BCUT2D eigenvalue weighted by Crippen LogP contribution is -2.22. The van der Waals surface area contributed by atoms with Crippen molar-refractivity contribution in [3.8, 4) is 0 Å². The molecule has 0 radical (unpaired) electrons. The number of hydrogen-bond acceptors (Lipinski definition) is 3. The minimum Gasteiger partial charge on any atom is -0.324 e. The van der Waals surface area contributed by atoms with Crippen molar-refractivity contribution in [2.75, 3.05) is 0 Å². The lowest BCUT2D eigenvalue weighted by molar-refractivity contribution is 0.163. The van der Waals surface area contributed by atoms with E-state index in [-0.39, 0.29) is 0 Å². The standard InChI is InChI=1S/C5H14NO3PS/c1-2-3-4-5(6)9-10(7,8)11/h5H,2-4,6H2,1H3,(H2,7,8,11). The van der Waals surface area contributed by atoms with Crippen molar-refractivity contribution in [1.29, 1.82) is 0 Å². The SMILES string of the molecule is CCCCC(N)OP(O)(O)=S. The van der Waals surface area contributed by atoms with Gasteiger partial charge in [0.15, 0.2) is 0 Å². The molecule has 0 amide bonds. The second-order valence-corrected chi connectivity index (χ2v) is 4.90. The predicted octanol–water partition coefficient (Wildman–Crippen LogP) is 0.687. The minimum atomic E-state index is -3.55. The number of hydrogen-bond donors (Lipinski definition) is 3. The molecule has 0 aliphatic carbocycles. The molecule has 6 heteroatoms. The van der Waals surface area contributed by atoms with Gasteiger partial charge in [-0.05, 0) is 24.6 Å². The highest BCUT2D eigenvalue weighted by Gasteiger charge is 2.13. The van der Waals surface area contributed by atoms with Gasteiger partial charge in [0.1, 0.15) is 6.23 Å². The van der Waals surface area contributed by atoms with E-state index in [0.717, 1.165) is 12.8 Å². The predicted molar refractivity (Wildman–Crippen MR) is 47.3 cm³/mol. The van der Waals surface area contributed by atoms with Gasteiger partial charge >= 0.3 is 6.72 Å². The van der Waals surface area contributed by atoms with Crippen LogP contribution in [0.4, 0.5) is 0 Å². The molecule has 0 aromatic carbocycles. The molecule has 4 N–H and O–H groups in total. The van der Waals surface area contributed by atoms with Crippen molar-refractivity contribution in [3.63, 3.8) is 0 Å². The fraction of sp³-hybridized carbons (Fsp3) is 1.00. The van der Waals surface area contributed by atoms with Crippen molar-refractivity contribution in [3.05, 3.63) is 0 Å². The summed E-state index contributed by atoms with van der Waals surface area (Å²) in [4.78, 5) is 17.3. The first-order chi connectivity index (χ1) is 4.95. The van der Waals surface area contributed by atoms with Crippen molar-refractivity contribution in [2.45, 2.75) is 32.4 Å². The zero-order chi connectivity index (χ0) is 8.91. The Morgan fingerprint density at radius 2 is 2.18 bits per heavy atom. The summed E-state index contributed by atoms with van der Waals surface area (Å²) >= 11 is 4.23. The summed E-state index contributed by atoms with van der Waals surface area (Å²) in [6.45, 7) is -1.54. The molecule has 0 heterocycles. The summed E-state index contributed by atoms with van der Waals surface area (Å²) in [5.74, 6) is 0. The maximum Gasteiger partial charge on any atom is 0.323 e. The van der Waals surface area contributed by atoms with Crippen LogP contribution in [0.5, 0.6) is 0 Å². The summed E-state index contributed by atoms with van der Waals surface area (Å²) in [7, 11) is 0. The van der Waals surface area contributed by atoms with Crippen molar-refractivity contribution in [1.82, 2.24) is 0 Å². The maximum absolute atomic E-state index is 8.67. The van der Waals surface area contributed by atoms with Crippen LogP contribution < -0.4 is 5.73 Å². The highest BCUT2D eigenvalue weighted by atomic mass is 32.5. The van der Waals surface area contributed by atoms with E-state index in [1.165, 1.54) is 0 Å². The van der Waals surface area contributed by atoms with Gasteiger partial charge in [-0.1, -0.05) is 13.3 Å². The third-order valence-corrected chi connectivity index (χ3v) is 1.92. The number of unbranched alkanes of at least 4 members (excludes halogenated alkanes) is 1. The number of nitrogens with two attached hydrogens (primary N) is 1. The summed E-state index contributed by atoms with van der Waals surface area (Å²) in [6.07, 6.45) is 1.86. The first-order valence-corrected chi connectivity index (χ1v) is 6.08. The quantitative estimate of drug-likeness (QED) is 0.448. The third kappa shape index (κ3) is 8.40. The van der Waals surface area contributed by atoms with Gasteiger partial charge < -0.3 is 15.5 Å². The lowest BCUT2D eigenvalue weighted by atomic mass is 10.2. The molecule has 0 saturated carbocycles. The largest absolute Gasteiger partial charge is 0.324 e. The Morgan fingerprint density at radius 1 is 1.64 bits per heavy atom. The van der Waals surface area contributed by atoms with Crippen LogP contribution in [0.2, 0.25) is 0 Å². The molecule has 0 bridgehead atoms. The molecule has 11 heavy (non-hydrogen) atoms. The summed E-state index contributed by atoms with van der Waals surface area (Å²) < 4.78 is 4.55. The van der Waals surface area contributed by atoms with Crippen molar-refractivity contribution < 1.29 is 14.3 Å². The van der Waals surface area contributed by atoms with Gasteiger partial charge in [-0.2, -0.15) is 0 Å². The second-order valence-electron chi connectivity index (χ2n) is 2.28. The molecule has 0 aromatic rings. The van der Waals surface area contributed by atoms with Gasteiger partial charge in [0.2, 0.25) is 0 Å². The lowest BCUT2D eigenvalue weighted by Gasteiger charge is -2.14. The molecule has 1 unspecified atom stereocenters. The highest BCUT2D eigenvalue weighted by molar-refractivity contribution is 8.06. The molecular formula is C5H14NO3PS. The van der Waals surface area contributed by atoms with E-state index < -0.39 is 12.9 Å². The Balaban J connectivity index is 3.52. The van der Waals surface area contributed by atoms with Gasteiger partial charge in [0.05, 0.1) is 0 Å². The van der Waals surface area contributed by atoms with Gasteiger partial charge in [-0.25, -0.2) is 0 Å². The zero-order valence-corrected chi connectivity index (χ0v) is 8.15. The smallest absolute Gasteiger partial charge is 0.323 e. The summed E-state index contributed by atoms with van der Waals surface area (Å²) in [5.41, 5.74) is 5.36. The van der Waals surface area contributed by atoms with Gasteiger partial charge in [0, 0.05) is 0 Å². The molecule has 1 atom stereocenters. The average Bonchev–Trinajstić information content (AvgIpc) is 1.79. The molecule has 68 valence electrons. The molecule has 0 aliphatic heterocycles. The van der Waals surface area contributed by atoms with Gasteiger partial charge in [-0.15, -0.1) is 0 Å². The van der Waals surface area contributed by atoms with Crippen molar-refractivity contribution in [2.24, 2.45) is 5.73 Å². The molecule has 0 aliphatic rings. The Labute approximate surface area is 71.6 Å². The van der Waals surface area contributed by atoms with E-state index in [1.807, 2.05) is 6.92 Å². The topological polar surface area (TPSA) is 75.7 Å². The minimum absolute atomic E-state index is 0.607. The second kappa shape index (κ2) is 5.19. The van der Waals surface area contributed by atoms with Crippen LogP contribution in [0.3, 0.4) is 0 Å². The van der Waals surface area contributed by atoms with Crippen LogP contribution in [-0.2, 0) is 16.3 Å². The Kier molecular flexibility index (Phi) is 5.42. The van der Waals surface area contributed by atoms with E-state index in [0.29, 0.717) is 6.42 Å². The normalized spacial score (nSPS) is 14.9. The highest BCUT2D eigenvalue weighted by Crippen LogP contribution is 2.37. The fourth-order valence-electron chi connectivity index (χ4n) is 0.634. The molecule has 4 nitrogen and oxygen atoms in total. The zero-order valence-electron chi connectivity index (χ0n) is 6.43. The van der Waals surface area contributed by atoms with Gasteiger partial charge in [-0.3, -0.25) is 4.52 Å². The molecule has 0 fully saturated rings. The molecule has 0 spiro atoms. The van der Waals surface area contributed by atoms with Crippen LogP contribution in [-0.4, -0.2) is 16.0 Å². The molecular weight excluding hydrogens is 185 g/mol. The monoisotopic (exact) mass is 199 g/mol. The molecule has 0 saturated heterocycles. The molecule has 0 aromatic heterocycles. The van der Waals surface area contributed by atoms with E-state index in [4.69, 9.17) is 15.5 Å².